The molecule has 152 valence electrons. The highest BCUT2D eigenvalue weighted by atomic mass is 35.5. The van der Waals surface area contributed by atoms with Gasteiger partial charge in [-0.2, -0.15) is 0 Å². The van der Waals surface area contributed by atoms with Crippen LogP contribution in [0.25, 0.3) is 22.2 Å². The van der Waals surface area contributed by atoms with E-state index in [1.54, 1.807) is 6.20 Å². The van der Waals surface area contributed by atoms with Crippen LogP contribution in [-0.4, -0.2) is 39.3 Å². The molecule has 3 heterocycles. The van der Waals surface area contributed by atoms with Crippen LogP contribution in [0.5, 0.6) is 0 Å². The van der Waals surface area contributed by atoms with Gasteiger partial charge in [-0.25, -0.2) is 0 Å². The number of halogens is 1. The highest BCUT2D eigenvalue weighted by molar-refractivity contribution is 6.31. The second-order valence-corrected chi connectivity index (χ2v) is 9.84. The number of aromatic nitrogens is 3. The van der Waals surface area contributed by atoms with Crippen molar-refractivity contribution in [3.63, 3.8) is 0 Å². The van der Waals surface area contributed by atoms with Crippen LogP contribution in [0.3, 0.4) is 0 Å². The number of nitrogens with one attached hydrogen (secondary N) is 1. The van der Waals surface area contributed by atoms with Crippen molar-refractivity contribution in [3.8, 4) is 11.3 Å². The number of piperidine rings is 1. The first kappa shape index (κ1) is 20.0. The summed E-state index contributed by atoms with van der Waals surface area (Å²) in [4.78, 5) is 6.68. The first-order valence-electron chi connectivity index (χ1n) is 10.0. The highest BCUT2D eigenvalue weighted by Crippen LogP contribution is 2.33. The maximum absolute atomic E-state index is 6.03. The molecule has 2 aromatic heterocycles. The zero-order valence-corrected chi connectivity index (χ0v) is 18.5. The number of anilines is 1. The average Bonchev–Trinajstić information content (AvgIpc) is 2.64. The Morgan fingerprint density at radius 2 is 1.72 bits per heavy atom. The van der Waals surface area contributed by atoms with E-state index in [0.717, 1.165) is 40.8 Å². The number of fused-ring (bicyclic) bond motifs is 1. The minimum Gasteiger partial charge on any atom is -0.355 e. The van der Waals surface area contributed by atoms with Crippen molar-refractivity contribution in [3.05, 3.63) is 47.6 Å². The molecule has 0 bridgehead atoms. The predicted octanol–water partition coefficient (Wildman–Crippen LogP) is 5.09. The van der Waals surface area contributed by atoms with Crippen molar-refractivity contribution in [2.75, 3.05) is 11.9 Å². The Balaban J connectivity index is 1.57. The van der Waals surface area contributed by atoms with Crippen molar-refractivity contribution in [1.29, 1.82) is 0 Å². The number of nitrogens with zero attached hydrogens (tertiary/aromatic N) is 4. The van der Waals surface area contributed by atoms with E-state index < -0.39 is 0 Å². The second-order valence-electron chi connectivity index (χ2n) is 9.40. The van der Waals surface area contributed by atoms with Crippen LogP contribution in [0.4, 0.5) is 5.82 Å². The van der Waals surface area contributed by atoms with Crippen molar-refractivity contribution in [2.24, 2.45) is 0 Å². The van der Waals surface area contributed by atoms with Crippen molar-refractivity contribution in [1.82, 2.24) is 20.5 Å². The Morgan fingerprint density at radius 1 is 1.00 bits per heavy atom. The molecular weight excluding hydrogens is 382 g/mol. The van der Waals surface area contributed by atoms with Gasteiger partial charge in [0.25, 0.3) is 0 Å². The Morgan fingerprint density at radius 3 is 2.38 bits per heavy atom. The summed E-state index contributed by atoms with van der Waals surface area (Å²) in [5.74, 6) is 0.901. The molecule has 5 nitrogen and oxygen atoms in total. The van der Waals surface area contributed by atoms with Crippen LogP contribution in [0.15, 0.2) is 42.6 Å². The van der Waals surface area contributed by atoms with Gasteiger partial charge in [0, 0.05) is 41.3 Å². The zero-order chi connectivity index (χ0) is 20.8. The van der Waals surface area contributed by atoms with Gasteiger partial charge in [-0.1, -0.05) is 23.7 Å². The lowest BCUT2D eigenvalue weighted by molar-refractivity contribution is 0.160. The molecule has 1 fully saturated rings. The summed E-state index contributed by atoms with van der Waals surface area (Å²) in [6, 6.07) is 12.5. The molecule has 1 aliphatic rings. The molecule has 6 heteroatoms. The van der Waals surface area contributed by atoms with Crippen molar-refractivity contribution >= 4 is 28.3 Å². The molecule has 0 radical (unpaired) electrons. The van der Waals surface area contributed by atoms with E-state index in [-0.39, 0.29) is 11.1 Å². The minimum absolute atomic E-state index is 0.0923. The lowest BCUT2D eigenvalue weighted by Gasteiger charge is -2.49. The number of hydrogen-bond donors (Lipinski definition) is 1. The lowest BCUT2D eigenvalue weighted by atomic mass is 9.79. The van der Waals surface area contributed by atoms with Crippen LogP contribution in [0.2, 0.25) is 5.02 Å². The molecule has 0 unspecified atom stereocenters. The fraction of sp³-hybridized carbons (Fsp3) is 0.435. The minimum atomic E-state index is 0.0923. The van der Waals surface area contributed by atoms with Gasteiger partial charge in [-0.3, -0.25) is 4.98 Å². The smallest absolute Gasteiger partial charge is 0.151 e. The van der Waals surface area contributed by atoms with Gasteiger partial charge in [-0.05, 0) is 64.8 Å². The van der Waals surface area contributed by atoms with E-state index in [1.165, 1.54) is 0 Å². The van der Waals surface area contributed by atoms with Crippen LogP contribution in [0.1, 0.15) is 40.5 Å². The summed E-state index contributed by atoms with van der Waals surface area (Å²) in [5, 5.41) is 14.4. The van der Waals surface area contributed by atoms with Crippen molar-refractivity contribution in [2.45, 2.75) is 57.7 Å². The molecule has 1 N–H and O–H groups in total. The van der Waals surface area contributed by atoms with E-state index in [9.17, 15) is 0 Å². The maximum atomic E-state index is 6.03. The van der Waals surface area contributed by atoms with Gasteiger partial charge in [-0.15, -0.1) is 10.2 Å². The normalized spacial score (nSPS) is 18.7. The standard InChI is InChI=1S/C23H28ClN5/c1-22(2)12-18(13-23(3,4)28-22)29(5)21-9-8-19(26-27-21)16-7-6-15-10-17(24)14-25-20(15)11-16/h6-11,14,18,28H,12-13H2,1-5H3. The van der Waals surface area contributed by atoms with Crippen molar-refractivity contribution < 1.29 is 0 Å². The quantitative estimate of drug-likeness (QED) is 0.652. The molecule has 0 aliphatic carbocycles. The average molecular weight is 410 g/mol. The van der Waals surface area contributed by atoms with Crippen LogP contribution in [-0.2, 0) is 0 Å². The van der Waals surface area contributed by atoms with Crippen LogP contribution in [0, 0.1) is 0 Å². The van der Waals surface area contributed by atoms with Gasteiger partial charge >= 0.3 is 0 Å². The Bertz CT molecular complexity index is 1010. The summed E-state index contributed by atoms with van der Waals surface area (Å²) in [6.45, 7) is 9.07. The summed E-state index contributed by atoms with van der Waals surface area (Å²) in [5.41, 5.74) is 2.92. The van der Waals surface area contributed by atoms with E-state index in [2.05, 4.69) is 66.2 Å². The topological polar surface area (TPSA) is 53.9 Å². The van der Waals surface area contributed by atoms with E-state index >= 15 is 0 Å². The molecule has 0 saturated carbocycles. The van der Waals surface area contributed by atoms with Gasteiger partial charge in [0.15, 0.2) is 5.82 Å². The first-order chi connectivity index (χ1) is 13.6. The second kappa shape index (κ2) is 7.22. The SMILES string of the molecule is CN(c1ccc(-c2ccc3cc(Cl)cnc3c2)nn1)C1CC(C)(C)NC(C)(C)C1. The number of rotatable bonds is 3. The molecule has 0 atom stereocenters. The van der Waals surface area contributed by atoms with Gasteiger partial charge in [0.1, 0.15) is 0 Å². The fourth-order valence-electron chi connectivity index (χ4n) is 4.65. The molecule has 3 aromatic rings. The van der Waals surface area contributed by atoms with Gasteiger partial charge < -0.3 is 10.2 Å². The zero-order valence-electron chi connectivity index (χ0n) is 17.7. The number of pyridine rings is 1. The Hall–Kier alpha value is -2.24. The third kappa shape index (κ3) is 4.36. The molecule has 29 heavy (non-hydrogen) atoms. The summed E-state index contributed by atoms with van der Waals surface area (Å²) >= 11 is 6.03. The summed E-state index contributed by atoms with van der Waals surface area (Å²) in [7, 11) is 2.12. The molecule has 0 amide bonds. The third-order valence-electron chi connectivity index (χ3n) is 5.67. The molecule has 1 aromatic carbocycles. The number of benzene rings is 1. The highest BCUT2D eigenvalue weighted by Gasteiger charge is 2.39. The molecule has 4 rings (SSSR count). The summed E-state index contributed by atoms with van der Waals surface area (Å²) < 4.78 is 0. The van der Waals surface area contributed by atoms with Crippen LogP contribution >= 0.6 is 11.6 Å². The monoisotopic (exact) mass is 409 g/mol. The Kier molecular flexibility index (Phi) is 4.99. The van der Waals surface area contributed by atoms with E-state index in [4.69, 9.17) is 11.6 Å². The van der Waals surface area contributed by atoms with Crippen LogP contribution < -0.4 is 10.2 Å². The predicted molar refractivity (Wildman–Crippen MR) is 120 cm³/mol. The number of hydrogen-bond acceptors (Lipinski definition) is 5. The molecule has 0 spiro atoms. The first-order valence-corrected chi connectivity index (χ1v) is 10.4. The van der Waals surface area contributed by atoms with Gasteiger partial charge in [0.2, 0.25) is 0 Å². The largest absolute Gasteiger partial charge is 0.355 e. The maximum Gasteiger partial charge on any atom is 0.151 e. The Labute approximate surface area is 177 Å². The third-order valence-corrected chi connectivity index (χ3v) is 5.88. The van der Waals surface area contributed by atoms with Gasteiger partial charge in [0.05, 0.1) is 16.2 Å². The molecular formula is C23H28ClN5. The summed E-state index contributed by atoms with van der Waals surface area (Å²) in [6.07, 6.45) is 3.80. The molecule has 1 aliphatic heterocycles. The fourth-order valence-corrected chi connectivity index (χ4v) is 4.82. The van der Waals surface area contributed by atoms with E-state index in [0.29, 0.717) is 11.1 Å². The molecule has 1 saturated heterocycles. The van der Waals surface area contributed by atoms with E-state index in [1.807, 2.05) is 30.3 Å². The lowest BCUT2D eigenvalue weighted by Crippen LogP contribution is -2.62.